The molecule has 2 N–H and O–H groups in total. The number of nitrogens with one attached hydrogen (secondary N) is 2. The Morgan fingerprint density at radius 3 is 2.76 bits per heavy atom. The summed E-state index contributed by atoms with van der Waals surface area (Å²) in [6, 6.07) is 7.82. The second-order valence-electron chi connectivity index (χ2n) is 5.25. The van der Waals surface area contributed by atoms with Gasteiger partial charge < -0.3 is 24.5 Å². The third kappa shape index (κ3) is 4.17. The first-order valence-corrected chi connectivity index (χ1v) is 7.68. The molecular formula is C17H16N2O6. The molecule has 2 aromatic rings. The Hall–Kier alpha value is -3.29. The van der Waals surface area contributed by atoms with E-state index in [4.69, 9.17) is 14.2 Å². The van der Waals surface area contributed by atoms with Crippen LogP contribution in [-0.4, -0.2) is 36.7 Å². The van der Waals surface area contributed by atoms with Crippen molar-refractivity contribution in [2.45, 2.75) is 6.42 Å². The van der Waals surface area contributed by atoms with Crippen LogP contribution in [0.4, 0.5) is 5.69 Å². The van der Waals surface area contributed by atoms with Crippen molar-refractivity contribution in [1.82, 2.24) is 4.98 Å². The molecule has 0 saturated heterocycles. The van der Waals surface area contributed by atoms with Gasteiger partial charge in [0.15, 0.2) is 18.1 Å². The van der Waals surface area contributed by atoms with Gasteiger partial charge in [0, 0.05) is 24.4 Å². The van der Waals surface area contributed by atoms with E-state index in [0.29, 0.717) is 30.4 Å². The first-order valence-electron chi connectivity index (χ1n) is 7.68. The van der Waals surface area contributed by atoms with Gasteiger partial charge in [-0.1, -0.05) is 0 Å². The highest BCUT2D eigenvalue weighted by Crippen LogP contribution is 2.32. The number of ether oxygens (including phenoxy) is 3. The number of aromatic nitrogens is 1. The number of aromatic amines is 1. The standard InChI is InChI=1S/C17H16N2O6/c20-15(10-25-17(22)12-3-1-6-18-16(12)21)19-11-4-5-13-14(9-11)24-8-2-7-23-13/h1,3-6,9H,2,7-8,10H2,(H,18,21)(H,19,20). The van der Waals surface area contributed by atoms with Gasteiger partial charge in [0.2, 0.25) is 0 Å². The van der Waals surface area contributed by atoms with Gasteiger partial charge in [-0.15, -0.1) is 0 Å². The van der Waals surface area contributed by atoms with Crippen LogP contribution >= 0.6 is 0 Å². The molecule has 0 fully saturated rings. The van der Waals surface area contributed by atoms with Gasteiger partial charge in [0.1, 0.15) is 5.56 Å². The van der Waals surface area contributed by atoms with Gasteiger partial charge >= 0.3 is 5.97 Å². The predicted octanol–water partition coefficient (Wildman–Crippen LogP) is 1.33. The minimum absolute atomic E-state index is 0.161. The van der Waals surface area contributed by atoms with E-state index >= 15 is 0 Å². The van der Waals surface area contributed by atoms with Crippen molar-refractivity contribution in [2.24, 2.45) is 0 Å². The molecule has 8 heteroatoms. The van der Waals surface area contributed by atoms with E-state index in [2.05, 4.69) is 10.3 Å². The molecule has 1 aliphatic heterocycles. The fraction of sp³-hybridized carbons (Fsp3) is 0.235. The normalized spacial score (nSPS) is 12.8. The molecule has 0 unspecified atom stereocenters. The Bertz CT molecular complexity index is 845. The number of carbonyl (C=O) groups is 2. The third-order valence-electron chi connectivity index (χ3n) is 3.40. The second-order valence-corrected chi connectivity index (χ2v) is 5.25. The van der Waals surface area contributed by atoms with Crippen molar-refractivity contribution in [1.29, 1.82) is 0 Å². The highest BCUT2D eigenvalue weighted by Gasteiger charge is 2.15. The number of fused-ring (bicyclic) bond motifs is 1. The van der Waals surface area contributed by atoms with E-state index < -0.39 is 24.0 Å². The zero-order valence-electron chi connectivity index (χ0n) is 13.2. The summed E-state index contributed by atoms with van der Waals surface area (Å²) >= 11 is 0. The molecule has 1 aromatic carbocycles. The largest absolute Gasteiger partial charge is 0.490 e. The first-order chi connectivity index (χ1) is 12.1. The first kappa shape index (κ1) is 16.6. The maximum absolute atomic E-state index is 11.9. The Balaban J connectivity index is 1.58. The Morgan fingerprint density at radius 2 is 1.96 bits per heavy atom. The fourth-order valence-electron chi connectivity index (χ4n) is 2.23. The summed E-state index contributed by atoms with van der Waals surface area (Å²) < 4.78 is 15.9. The Labute approximate surface area is 142 Å². The number of H-pyrrole nitrogens is 1. The molecule has 25 heavy (non-hydrogen) atoms. The summed E-state index contributed by atoms with van der Waals surface area (Å²) in [5, 5.41) is 2.60. The predicted molar refractivity (Wildman–Crippen MR) is 88.0 cm³/mol. The molecule has 1 aromatic heterocycles. The molecular weight excluding hydrogens is 328 g/mol. The molecule has 0 saturated carbocycles. The SMILES string of the molecule is O=C(COC(=O)c1ccc[nH]c1=O)Nc1ccc2c(c1)OCCCO2. The number of anilines is 1. The summed E-state index contributed by atoms with van der Waals surface area (Å²) in [5.41, 5.74) is -0.246. The molecule has 3 rings (SSSR count). The van der Waals surface area contributed by atoms with Crippen molar-refractivity contribution in [3.05, 3.63) is 52.4 Å². The topological polar surface area (TPSA) is 107 Å². The molecule has 2 heterocycles. The van der Waals surface area contributed by atoms with Crippen LogP contribution in [0.5, 0.6) is 11.5 Å². The summed E-state index contributed by atoms with van der Waals surface area (Å²) in [7, 11) is 0. The second kappa shape index (κ2) is 7.52. The minimum Gasteiger partial charge on any atom is -0.490 e. The lowest BCUT2D eigenvalue weighted by Crippen LogP contribution is -2.24. The molecule has 0 atom stereocenters. The van der Waals surface area contributed by atoms with E-state index in [0.717, 1.165) is 6.42 Å². The zero-order valence-corrected chi connectivity index (χ0v) is 13.2. The van der Waals surface area contributed by atoms with E-state index in [9.17, 15) is 14.4 Å². The number of esters is 1. The van der Waals surface area contributed by atoms with E-state index in [1.165, 1.54) is 18.3 Å². The Kier molecular flexibility index (Phi) is 4.98. The summed E-state index contributed by atoms with van der Waals surface area (Å²) in [5.74, 6) is -0.237. The summed E-state index contributed by atoms with van der Waals surface area (Å²) in [6.07, 6.45) is 2.18. The maximum Gasteiger partial charge on any atom is 0.344 e. The number of hydrogen-bond acceptors (Lipinski definition) is 6. The van der Waals surface area contributed by atoms with Gasteiger partial charge in [-0.25, -0.2) is 4.79 Å². The number of benzene rings is 1. The number of carbonyl (C=O) groups excluding carboxylic acids is 2. The molecule has 0 spiro atoms. The van der Waals surface area contributed by atoms with E-state index in [-0.39, 0.29) is 5.56 Å². The molecule has 130 valence electrons. The van der Waals surface area contributed by atoms with Crippen molar-refractivity contribution in [3.8, 4) is 11.5 Å². The van der Waals surface area contributed by atoms with Crippen LogP contribution in [0.25, 0.3) is 0 Å². The van der Waals surface area contributed by atoms with Gasteiger partial charge in [-0.05, 0) is 24.3 Å². The average molecular weight is 344 g/mol. The third-order valence-corrected chi connectivity index (χ3v) is 3.40. The lowest BCUT2D eigenvalue weighted by atomic mass is 10.2. The lowest BCUT2D eigenvalue weighted by Gasteiger charge is -2.10. The van der Waals surface area contributed by atoms with Crippen LogP contribution in [0.2, 0.25) is 0 Å². The van der Waals surface area contributed by atoms with E-state index in [1.54, 1.807) is 18.2 Å². The summed E-state index contributed by atoms with van der Waals surface area (Å²) in [4.78, 5) is 37.6. The van der Waals surface area contributed by atoms with Crippen molar-refractivity contribution in [3.63, 3.8) is 0 Å². The van der Waals surface area contributed by atoms with Gasteiger partial charge in [-0.3, -0.25) is 9.59 Å². The highest BCUT2D eigenvalue weighted by molar-refractivity contribution is 5.95. The molecule has 8 nitrogen and oxygen atoms in total. The Morgan fingerprint density at radius 1 is 1.16 bits per heavy atom. The van der Waals surface area contributed by atoms with Crippen molar-refractivity contribution in [2.75, 3.05) is 25.1 Å². The number of pyridine rings is 1. The van der Waals surface area contributed by atoms with Crippen LogP contribution < -0.4 is 20.3 Å². The molecule has 0 radical (unpaired) electrons. The number of hydrogen-bond donors (Lipinski definition) is 2. The lowest BCUT2D eigenvalue weighted by molar-refractivity contribution is -0.119. The minimum atomic E-state index is -0.865. The van der Waals surface area contributed by atoms with Gasteiger partial charge in [-0.2, -0.15) is 0 Å². The molecule has 1 amide bonds. The number of rotatable bonds is 4. The van der Waals surface area contributed by atoms with Crippen molar-refractivity contribution >= 4 is 17.6 Å². The van der Waals surface area contributed by atoms with Gasteiger partial charge in [0.25, 0.3) is 11.5 Å². The maximum atomic E-state index is 11.9. The highest BCUT2D eigenvalue weighted by atomic mass is 16.5. The molecule has 1 aliphatic rings. The van der Waals surface area contributed by atoms with Crippen LogP contribution in [0.3, 0.4) is 0 Å². The monoisotopic (exact) mass is 344 g/mol. The van der Waals surface area contributed by atoms with Crippen LogP contribution in [0.15, 0.2) is 41.3 Å². The molecule has 0 bridgehead atoms. The van der Waals surface area contributed by atoms with Crippen LogP contribution in [0, 0.1) is 0 Å². The van der Waals surface area contributed by atoms with E-state index in [1.807, 2.05) is 0 Å². The fourth-order valence-corrected chi connectivity index (χ4v) is 2.23. The smallest absolute Gasteiger partial charge is 0.344 e. The number of amides is 1. The summed E-state index contributed by atoms with van der Waals surface area (Å²) in [6.45, 7) is 0.600. The molecule has 0 aliphatic carbocycles. The zero-order chi connectivity index (χ0) is 17.6. The van der Waals surface area contributed by atoms with Gasteiger partial charge in [0.05, 0.1) is 13.2 Å². The van der Waals surface area contributed by atoms with Crippen LogP contribution in [0.1, 0.15) is 16.8 Å². The quantitative estimate of drug-likeness (QED) is 0.811. The van der Waals surface area contributed by atoms with Crippen LogP contribution in [-0.2, 0) is 9.53 Å². The average Bonchev–Trinajstić information content (AvgIpc) is 2.85. The van der Waals surface area contributed by atoms with Crippen molar-refractivity contribution < 1.29 is 23.8 Å².